The summed E-state index contributed by atoms with van der Waals surface area (Å²) in [6, 6.07) is 10.3. The number of rotatable bonds is 3. The molecule has 2 aliphatic heterocycles. The number of amides is 1. The van der Waals surface area contributed by atoms with Crippen LogP contribution in [0.15, 0.2) is 48.8 Å². The Balaban J connectivity index is 1.50. The van der Waals surface area contributed by atoms with E-state index in [0.717, 1.165) is 25.1 Å². The van der Waals surface area contributed by atoms with Gasteiger partial charge in [0.1, 0.15) is 5.82 Å². The molecule has 136 valence electrons. The fraction of sp³-hybridized carbons (Fsp3) is 0.400. The van der Waals surface area contributed by atoms with Crippen molar-refractivity contribution < 1.29 is 13.9 Å². The maximum atomic E-state index is 14.0. The van der Waals surface area contributed by atoms with Crippen LogP contribution in [0.5, 0.6) is 0 Å². The van der Waals surface area contributed by atoms with Crippen LogP contribution < -0.4 is 0 Å². The normalized spacial score (nSPS) is 23.5. The third kappa shape index (κ3) is 3.48. The van der Waals surface area contributed by atoms with Crippen molar-refractivity contribution in [3.63, 3.8) is 0 Å². The summed E-state index contributed by atoms with van der Waals surface area (Å²) in [4.78, 5) is 21.1. The number of carbonyl (C=O) groups excluding carboxylic acids is 1. The lowest BCUT2D eigenvalue weighted by molar-refractivity contribution is -0.101. The molecule has 0 unspecified atom stereocenters. The van der Waals surface area contributed by atoms with Crippen molar-refractivity contribution in [3.05, 3.63) is 65.7 Å². The lowest BCUT2D eigenvalue weighted by Gasteiger charge is -2.47. The highest BCUT2D eigenvalue weighted by molar-refractivity contribution is 5.94. The van der Waals surface area contributed by atoms with Crippen LogP contribution in [0, 0.1) is 5.82 Å². The average molecular weight is 355 g/mol. The van der Waals surface area contributed by atoms with Crippen molar-refractivity contribution in [2.45, 2.75) is 25.1 Å². The van der Waals surface area contributed by atoms with Gasteiger partial charge in [-0.3, -0.25) is 14.7 Å². The molecule has 2 saturated heterocycles. The Morgan fingerprint density at radius 3 is 2.92 bits per heavy atom. The molecule has 1 amide bonds. The van der Waals surface area contributed by atoms with Gasteiger partial charge in [0.05, 0.1) is 24.3 Å². The van der Waals surface area contributed by atoms with E-state index in [4.69, 9.17) is 4.74 Å². The Kier molecular flexibility index (Phi) is 4.95. The predicted molar refractivity (Wildman–Crippen MR) is 95.1 cm³/mol. The summed E-state index contributed by atoms with van der Waals surface area (Å²) in [7, 11) is 0. The van der Waals surface area contributed by atoms with Gasteiger partial charge in [-0.05, 0) is 30.2 Å². The van der Waals surface area contributed by atoms with E-state index in [0.29, 0.717) is 19.7 Å². The Bertz CT molecular complexity index is 771. The molecule has 0 spiro atoms. The number of piperidine rings is 1. The van der Waals surface area contributed by atoms with Crippen LogP contribution in [-0.4, -0.2) is 59.1 Å². The topological polar surface area (TPSA) is 45.7 Å². The molecule has 2 aliphatic rings. The Morgan fingerprint density at radius 1 is 1.23 bits per heavy atom. The lowest BCUT2D eigenvalue weighted by Crippen LogP contribution is -2.60. The molecule has 0 N–H and O–H groups in total. The molecule has 2 aromatic rings. The molecule has 2 atom stereocenters. The zero-order valence-corrected chi connectivity index (χ0v) is 14.6. The Labute approximate surface area is 152 Å². The van der Waals surface area contributed by atoms with E-state index < -0.39 is 5.82 Å². The molecule has 0 aliphatic carbocycles. The van der Waals surface area contributed by atoms with Gasteiger partial charge >= 0.3 is 0 Å². The number of hydrogen-bond acceptors (Lipinski definition) is 4. The maximum absolute atomic E-state index is 14.0. The molecular formula is C20H22FN3O2. The minimum absolute atomic E-state index is 0.116. The zero-order valence-electron chi connectivity index (χ0n) is 14.6. The monoisotopic (exact) mass is 355 g/mol. The quantitative estimate of drug-likeness (QED) is 0.848. The van der Waals surface area contributed by atoms with Crippen LogP contribution in [0.3, 0.4) is 0 Å². The van der Waals surface area contributed by atoms with Gasteiger partial charge in [0, 0.05) is 38.6 Å². The molecule has 6 heteroatoms. The van der Waals surface area contributed by atoms with E-state index in [1.54, 1.807) is 29.3 Å². The summed E-state index contributed by atoms with van der Waals surface area (Å²) in [6.07, 6.45) is 4.52. The second kappa shape index (κ2) is 7.51. The fourth-order valence-electron chi connectivity index (χ4n) is 3.85. The van der Waals surface area contributed by atoms with Gasteiger partial charge in [-0.25, -0.2) is 4.39 Å². The third-order valence-corrected chi connectivity index (χ3v) is 5.20. The van der Waals surface area contributed by atoms with Crippen molar-refractivity contribution in [1.82, 2.24) is 14.8 Å². The summed E-state index contributed by atoms with van der Waals surface area (Å²) >= 11 is 0. The summed E-state index contributed by atoms with van der Waals surface area (Å²) in [5.74, 6) is -0.708. The minimum atomic E-state index is -0.466. The van der Waals surface area contributed by atoms with Crippen molar-refractivity contribution in [3.8, 4) is 0 Å². The standard InChI is InChI=1S/C20H22FN3O2/c21-17-6-2-1-5-16(17)20(25)24-9-7-19-18(14-24)23(10-11-26-19)13-15-4-3-8-22-12-15/h1-6,8,12,18-19H,7,9-11,13-14H2/t18-,19-/m1/s1. The molecular weight excluding hydrogens is 333 g/mol. The van der Waals surface area contributed by atoms with Gasteiger partial charge in [0.25, 0.3) is 5.91 Å². The highest BCUT2D eigenvalue weighted by atomic mass is 19.1. The second-order valence-corrected chi connectivity index (χ2v) is 6.83. The predicted octanol–water partition coefficient (Wildman–Crippen LogP) is 2.34. The van der Waals surface area contributed by atoms with Gasteiger partial charge in [-0.15, -0.1) is 0 Å². The number of nitrogens with zero attached hydrogens (tertiary/aromatic N) is 3. The van der Waals surface area contributed by atoms with E-state index in [1.165, 1.54) is 6.07 Å². The minimum Gasteiger partial charge on any atom is -0.375 e. The lowest BCUT2D eigenvalue weighted by atomic mass is 9.97. The van der Waals surface area contributed by atoms with Gasteiger partial charge in [0.15, 0.2) is 0 Å². The summed E-state index contributed by atoms with van der Waals surface area (Å²) in [6.45, 7) is 3.44. The van der Waals surface area contributed by atoms with Crippen molar-refractivity contribution >= 4 is 5.91 Å². The van der Waals surface area contributed by atoms with Crippen LogP contribution in [0.1, 0.15) is 22.3 Å². The summed E-state index contributed by atoms with van der Waals surface area (Å²) in [5.41, 5.74) is 1.28. The summed E-state index contributed by atoms with van der Waals surface area (Å²) < 4.78 is 19.9. The number of fused-ring (bicyclic) bond motifs is 1. The highest BCUT2D eigenvalue weighted by Gasteiger charge is 2.38. The van der Waals surface area contributed by atoms with E-state index in [2.05, 4.69) is 16.0 Å². The second-order valence-electron chi connectivity index (χ2n) is 6.83. The smallest absolute Gasteiger partial charge is 0.256 e. The molecule has 0 radical (unpaired) electrons. The SMILES string of the molecule is O=C(c1ccccc1F)N1CC[C@H]2OCCN(Cc3cccnc3)[C@@H]2C1. The molecule has 4 rings (SSSR count). The van der Waals surface area contributed by atoms with Crippen molar-refractivity contribution in [2.24, 2.45) is 0 Å². The highest BCUT2D eigenvalue weighted by Crippen LogP contribution is 2.26. The number of pyridine rings is 1. The van der Waals surface area contributed by atoms with E-state index >= 15 is 0 Å². The zero-order chi connectivity index (χ0) is 17.9. The molecule has 1 aromatic carbocycles. The van der Waals surface area contributed by atoms with Crippen LogP contribution in [0.2, 0.25) is 0 Å². The molecule has 2 fully saturated rings. The van der Waals surface area contributed by atoms with E-state index in [-0.39, 0.29) is 23.6 Å². The van der Waals surface area contributed by atoms with Gasteiger partial charge in [-0.2, -0.15) is 0 Å². The van der Waals surface area contributed by atoms with Crippen molar-refractivity contribution in [1.29, 1.82) is 0 Å². The third-order valence-electron chi connectivity index (χ3n) is 5.20. The molecule has 0 saturated carbocycles. The number of morpholine rings is 1. The average Bonchev–Trinajstić information content (AvgIpc) is 2.69. The Morgan fingerprint density at radius 2 is 2.12 bits per heavy atom. The first-order valence-electron chi connectivity index (χ1n) is 9.01. The number of ether oxygens (including phenoxy) is 1. The fourth-order valence-corrected chi connectivity index (χ4v) is 3.85. The number of hydrogen-bond donors (Lipinski definition) is 0. The number of aromatic nitrogens is 1. The van der Waals surface area contributed by atoms with Crippen molar-refractivity contribution in [2.75, 3.05) is 26.2 Å². The first kappa shape index (κ1) is 17.1. The molecule has 3 heterocycles. The first-order chi connectivity index (χ1) is 12.7. The van der Waals surface area contributed by atoms with Crippen LogP contribution in [0.25, 0.3) is 0 Å². The van der Waals surface area contributed by atoms with E-state index in [9.17, 15) is 9.18 Å². The first-order valence-corrected chi connectivity index (χ1v) is 9.01. The number of likely N-dealkylation sites (tertiary alicyclic amines) is 1. The van der Waals surface area contributed by atoms with Crippen LogP contribution >= 0.6 is 0 Å². The maximum Gasteiger partial charge on any atom is 0.256 e. The van der Waals surface area contributed by atoms with Gasteiger partial charge in [-0.1, -0.05) is 18.2 Å². The largest absolute Gasteiger partial charge is 0.375 e. The number of carbonyl (C=O) groups is 1. The summed E-state index contributed by atoms with van der Waals surface area (Å²) in [5, 5.41) is 0. The molecule has 0 bridgehead atoms. The number of halogens is 1. The van der Waals surface area contributed by atoms with Crippen LogP contribution in [-0.2, 0) is 11.3 Å². The van der Waals surface area contributed by atoms with Gasteiger partial charge < -0.3 is 9.64 Å². The van der Waals surface area contributed by atoms with Gasteiger partial charge in [0.2, 0.25) is 0 Å². The molecule has 26 heavy (non-hydrogen) atoms. The molecule has 5 nitrogen and oxygen atoms in total. The Hall–Kier alpha value is -2.31. The number of benzene rings is 1. The van der Waals surface area contributed by atoms with E-state index in [1.807, 2.05) is 12.3 Å². The molecule has 1 aromatic heterocycles. The van der Waals surface area contributed by atoms with Crippen LogP contribution in [0.4, 0.5) is 4.39 Å².